The zero-order chi connectivity index (χ0) is 33.0. The second kappa shape index (κ2) is 17.2. The number of pyridine rings is 2. The lowest BCUT2D eigenvalue weighted by molar-refractivity contribution is -0.186. The quantitative estimate of drug-likeness (QED) is 0.0811. The number of carbonyl (C=O) groups is 1. The van der Waals surface area contributed by atoms with Gasteiger partial charge in [-0.1, -0.05) is 55.1 Å². The van der Waals surface area contributed by atoms with Crippen LogP contribution in [-0.4, -0.2) is 61.5 Å². The molecule has 10 nitrogen and oxygen atoms in total. The van der Waals surface area contributed by atoms with Gasteiger partial charge in [-0.25, -0.2) is 20.3 Å². The largest absolute Gasteiger partial charge is 0.498 e. The molecule has 2 saturated heterocycles. The summed E-state index contributed by atoms with van der Waals surface area (Å²) in [5.74, 6) is -0.0270. The van der Waals surface area contributed by atoms with Crippen LogP contribution in [-0.2, 0) is 30.2 Å². The summed E-state index contributed by atoms with van der Waals surface area (Å²) in [7, 11) is 0. The summed E-state index contributed by atoms with van der Waals surface area (Å²) >= 11 is 0. The summed E-state index contributed by atoms with van der Waals surface area (Å²) in [5.41, 5.74) is 8.52. The molecule has 252 valence electrons. The van der Waals surface area contributed by atoms with Gasteiger partial charge in [-0.2, -0.15) is 0 Å². The van der Waals surface area contributed by atoms with E-state index in [9.17, 15) is 4.79 Å². The summed E-state index contributed by atoms with van der Waals surface area (Å²) in [6.07, 6.45) is 10.4. The van der Waals surface area contributed by atoms with Crippen LogP contribution in [0.3, 0.4) is 0 Å². The molecule has 2 aromatic carbocycles. The summed E-state index contributed by atoms with van der Waals surface area (Å²) in [5, 5.41) is 0.574. The van der Waals surface area contributed by atoms with E-state index in [1.807, 2.05) is 12.1 Å². The number of aromatic nitrogens is 2. The molecule has 0 spiro atoms. The van der Waals surface area contributed by atoms with Gasteiger partial charge >= 0.3 is 0 Å². The predicted molar refractivity (Wildman–Crippen MR) is 182 cm³/mol. The van der Waals surface area contributed by atoms with Crippen molar-refractivity contribution in [3.8, 4) is 28.3 Å². The number of aryl methyl sites for hydroxylation is 1. The number of rotatable bonds is 15. The van der Waals surface area contributed by atoms with Gasteiger partial charge < -0.3 is 23.7 Å². The molecule has 2 aromatic heterocycles. The van der Waals surface area contributed by atoms with Gasteiger partial charge in [0, 0.05) is 42.8 Å². The molecule has 1 amide bonds. The van der Waals surface area contributed by atoms with Crippen LogP contribution < -0.4 is 10.2 Å². The number of hydrogen-bond donors (Lipinski definition) is 1. The van der Waals surface area contributed by atoms with Crippen molar-refractivity contribution < 1.29 is 33.3 Å². The van der Waals surface area contributed by atoms with Crippen LogP contribution in [0.5, 0.6) is 5.88 Å². The Morgan fingerprint density at radius 1 is 0.875 bits per heavy atom. The van der Waals surface area contributed by atoms with Gasteiger partial charge in [0.2, 0.25) is 5.88 Å². The van der Waals surface area contributed by atoms with E-state index in [0.29, 0.717) is 54.5 Å². The standard InChI is InChI=1S/C38H43N3O7/c1-2-43-22-23-44-35-25-34-32(26-39-35)31(38(42)41-48-37-10-4-6-20-47-37)24-33(40-34)30-17-15-29(16-18-30)28-13-11-27(12-14-28)8-7-21-46-36-9-3-5-19-45-36/h2,11-18,24-26,36-37H,1,3-10,19-23H2,(H,41,42). The third kappa shape index (κ3) is 9.17. The monoisotopic (exact) mass is 653 g/mol. The Morgan fingerprint density at radius 3 is 2.29 bits per heavy atom. The number of amides is 1. The van der Waals surface area contributed by atoms with E-state index in [2.05, 4.69) is 53.4 Å². The maximum atomic E-state index is 13.4. The highest BCUT2D eigenvalue weighted by atomic mass is 16.8. The first kappa shape index (κ1) is 33.5. The van der Waals surface area contributed by atoms with E-state index >= 15 is 0 Å². The molecule has 0 radical (unpaired) electrons. The summed E-state index contributed by atoms with van der Waals surface area (Å²) < 4.78 is 28.0. The third-order valence-corrected chi connectivity index (χ3v) is 8.42. The van der Waals surface area contributed by atoms with Crippen LogP contribution in [0.1, 0.15) is 60.9 Å². The zero-order valence-electron chi connectivity index (χ0n) is 27.2. The number of ether oxygens (including phenoxy) is 5. The highest BCUT2D eigenvalue weighted by Gasteiger charge is 2.20. The molecule has 4 aromatic rings. The summed E-state index contributed by atoms with van der Waals surface area (Å²) in [6.45, 7) is 6.29. The molecule has 6 rings (SSSR count). The van der Waals surface area contributed by atoms with Crippen molar-refractivity contribution in [1.29, 1.82) is 0 Å². The molecule has 2 unspecified atom stereocenters. The van der Waals surface area contributed by atoms with Crippen LogP contribution in [0.2, 0.25) is 0 Å². The van der Waals surface area contributed by atoms with Gasteiger partial charge in [-0.3, -0.25) is 4.79 Å². The van der Waals surface area contributed by atoms with Crippen molar-refractivity contribution in [3.05, 3.63) is 90.8 Å². The van der Waals surface area contributed by atoms with E-state index in [1.54, 1.807) is 18.3 Å². The van der Waals surface area contributed by atoms with Crippen molar-refractivity contribution in [2.45, 2.75) is 63.9 Å². The van der Waals surface area contributed by atoms with Gasteiger partial charge in [0.15, 0.2) is 12.6 Å². The number of hydrogen-bond acceptors (Lipinski definition) is 9. The van der Waals surface area contributed by atoms with Crippen molar-refractivity contribution in [3.63, 3.8) is 0 Å². The second-order valence-electron chi connectivity index (χ2n) is 11.9. The van der Waals surface area contributed by atoms with Crippen molar-refractivity contribution >= 4 is 16.8 Å². The Labute approximate surface area is 281 Å². The van der Waals surface area contributed by atoms with E-state index in [4.69, 9.17) is 33.5 Å². The highest BCUT2D eigenvalue weighted by Crippen LogP contribution is 2.29. The third-order valence-electron chi connectivity index (χ3n) is 8.42. The molecule has 10 heteroatoms. The fourth-order valence-electron chi connectivity index (χ4n) is 5.80. The normalized spacial score (nSPS) is 17.9. The highest BCUT2D eigenvalue weighted by molar-refractivity contribution is 6.06. The molecule has 2 atom stereocenters. The Hall–Kier alpha value is -4.35. The average molecular weight is 654 g/mol. The fourth-order valence-corrected chi connectivity index (χ4v) is 5.80. The van der Waals surface area contributed by atoms with Gasteiger partial charge in [0.05, 0.1) is 29.6 Å². The van der Waals surface area contributed by atoms with Gasteiger partial charge in [0.25, 0.3) is 5.91 Å². The first-order chi connectivity index (χ1) is 23.7. The molecule has 2 fully saturated rings. The molecular formula is C38H43N3O7. The van der Waals surface area contributed by atoms with E-state index in [-0.39, 0.29) is 6.29 Å². The number of nitrogens with one attached hydrogen (secondary N) is 1. The fraction of sp³-hybridized carbons (Fsp3) is 0.395. The molecular weight excluding hydrogens is 610 g/mol. The molecule has 0 aliphatic carbocycles. The van der Waals surface area contributed by atoms with Gasteiger partial charge in [0.1, 0.15) is 13.2 Å². The van der Waals surface area contributed by atoms with E-state index < -0.39 is 12.2 Å². The van der Waals surface area contributed by atoms with Crippen LogP contribution in [0.4, 0.5) is 0 Å². The van der Waals surface area contributed by atoms with Gasteiger partial charge in [-0.15, -0.1) is 0 Å². The Balaban J connectivity index is 1.15. The SMILES string of the molecule is C=COCCOc1cc2nc(-c3ccc(-c4ccc(CCCOC5CCCCO5)cc4)cc3)cc(C(=O)NOC3CCCCO3)c2cn1. The van der Waals surface area contributed by atoms with Crippen LogP contribution in [0, 0.1) is 0 Å². The van der Waals surface area contributed by atoms with Crippen LogP contribution in [0.15, 0.2) is 79.7 Å². The zero-order valence-corrected chi connectivity index (χ0v) is 27.2. The molecule has 4 heterocycles. The maximum Gasteiger partial charge on any atom is 0.275 e. The predicted octanol–water partition coefficient (Wildman–Crippen LogP) is 7.17. The Bertz CT molecular complexity index is 1630. The molecule has 2 aliphatic rings. The van der Waals surface area contributed by atoms with Crippen LogP contribution >= 0.6 is 0 Å². The maximum absolute atomic E-state index is 13.4. The van der Waals surface area contributed by atoms with Crippen molar-refractivity contribution in [1.82, 2.24) is 15.4 Å². The first-order valence-electron chi connectivity index (χ1n) is 16.8. The molecule has 1 N–H and O–H groups in total. The lowest BCUT2D eigenvalue weighted by atomic mass is 9.99. The van der Waals surface area contributed by atoms with E-state index in [0.717, 1.165) is 68.2 Å². The Morgan fingerprint density at radius 2 is 1.58 bits per heavy atom. The number of nitrogens with zero attached hydrogens (tertiary/aromatic N) is 2. The topological polar surface area (TPSA) is 110 Å². The minimum atomic E-state index is -0.469. The lowest BCUT2D eigenvalue weighted by Crippen LogP contribution is -2.33. The average Bonchev–Trinajstić information content (AvgIpc) is 3.15. The number of carbonyl (C=O) groups excluding carboxylic acids is 1. The molecule has 48 heavy (non-hydrogen) atoms. The number of benzene rings is 2. The van der Waals surface area contributed by atoms with Gasteiger partial charge in [-0.05, 0) is 67.7 Å². The summed E-state index contributed by atoms with van der Waals surface area (Å²) in [6, 6.07) is 20.3. The molecule has 0 saturated carbocycles. The lowest BCUT2D eigenvalue weighted by Gasteiger charge is -2.22. The Kier molecular flexibility index (Phi) is 12.0. The summed E-state index contributed by atoms with van der Waals surface area (Å²) in [4.78, 5) is 28.3. The van der Waals surface area contributed by atoms with Crippen molar-refractivity contribution in [2.75, 3.05) is 33.0 Å². The minimum absolute atomic E-state index is 0.0375. The minimum Gasteiger partial charge on any atom is -0.498 e. The molecule has 0 bridgehead atoms. The smallest absolute Gasteiger partial charge is 0.275 e. The first-order valence-corrected chi connectivity index (χ1v) is 16.8. The van der Waals surface area contributed by atoms with Crippen LogP contribution in [0.25, 0.3) is 33.3 Å². The second-order valence-corrected chi connectivity index (χ2v) is 11.9. The van der Waals surface area contributed by atoms with E-state index in [1.165, 1.54) is 18.2 Å². The number of hydroxylamine groups is 1. The molecule has 2 aliphatic heterocycles. The van der Waals surface area contributed by atoms with Crippen molar-refractivity contribution in [2.24, 2.45) is 0 Å². The number of fused-ring (bicyclic) bond motifs is 1.